The van der Waals surface area contributed by atoms with E-state index in [4.69, 9.17) is 4.74 Å². The monoisotopic (exact) mass is 424 g/mol. The van der Waals surface area contributed by atoms with Gasteiger partial charge in [0.2, 0.25) is 0 Å². The summed E-state index contributed by atoms with van der Waals surface area (Å²) in [5, 5.41) is 9.65. The van der Waals surface area contributed by atoms with Gasteiger partial charge in [-0.25, -0.2) is 4.98 Å². The fourth-order valence-electron chi connectivity index (χ4n) is 2.30. The minimum Gasteiger partial charge on any atom is -0.508 e. The number of fused-ring (bicyclic) bond motifs is 1. The Balaban J connectivity index is 0.00000261. The van der Waals surface area contributed by atoms with Crippen LogP contribution in [0.5, 0.6) is 11.5 Å². The predicted octanol–water partition coefficient (Wildman–Crippen LogP) is 0.225. The Bertz CT molecular complexity index is 978. The summed E-state index contributed by atoms with van der Waals surface area (Å²) in [5.41, 5.74) is 1.81. The van der Waals surface area contributed by atoms with Crippen molar-refractivity contribution in [3.05, 3.63) is 41.7 Å². The van der Waals surface area contributed by atoms with Crippen LogP contribution in [0, 0.1) is 6.92 Å². The first-order valence-electron chi connectivity index (χ1n) is 7.44. The number of aromatic amines is 1. The zero-order valence-electron chi connectivity index (χ0n) is 14.5. The van der Waals surface area contributed by atoms with Crippen molar-refractivity contribution < 1.29 is 78.6 Å². The molecule has 0 spiro atoms. The van der Waals surface area contributed by atoms with Crippen molar-refractivity contribution in [3.8, 4) is 11.5 Å². The molecule has 0 saturated carbocycles. The van der Waals surface area contributed by atoms with Gasteiger partial charge in [0.15, 0.2) is 11.8 Å². The zero-order valence-corrected chi connectivity index (χ0v) is 18.4. The largest absolute Gasteiger partial charge is 1.00 e. The molecule has 6 nitrogen and oxygen atoms in total. The molecular weight excluding hydrogens is 410 g/mol. The van der Waals surface area contributed by atoms with E-state index in [1.807, 2.05) is 0 Å². The number of aromatic hydroxyl groups is 1. The van der Waals surface area contributed by atoms with Crippen LogP contribution < -0.4 is 56.1 Å². The number of alkyl halides is 3. The van der Waals surface area contributed by atoms with E-state index in [1.165, 1.54) is 24.4 Å². The number of pyridine rings is 1. The predicted molar refractivity (Wildman–Crippen MR) is 88.4 cm³/mol. The third kappa shape index (κ3) is 5.75. The normalized spacial score (nSPS) is 12.6. The van der Waals surface area contributed by atoms with Crippen LogP contribution in [-0.2, 0) is 16.6 Å². The summed E-state index contributed by atoms with van der Waals surface area (Å²) < 4.78 is 54.3. The van der Waals surface area contributed by atoms with Crippen LogP contribution >= 0.6 is 0 Å². The van der Waals surface area contributed by atoms with Crippen LogP contribution in [0.3, 0.4) is 0 Å². The maximum atomic E-state index is 12.5. The summed E-state index contributed by atoms with van der Waals surface area (Å²) in [6.45, 7) is 0.148. The van der Waals surface area contributed by atoms with Gasteiger partial charge in [0.25, 0.3) is 0 Å². The van der Waals surface area contributed by atoms with E-state index >= 15 is 0 Å². The fourth-order valence-corrected chi connectivity index (χ4v) is 3.40. The summed E-state index contributed by atoms with van der Waals surface area (Å²) in [7, 11) is -1.60. The molecule has 0 aliphatic carbocycles. The third-order valence-corrected chi connectivity index (χ3v) is 4.74. The number of phenols is 1. The van der Waals surface area contributed by atoms with Crippen molar-refractivity contribution in [1.29, 1.82) is 0 Å². The molecule has 0 saturated heterocycles. The van der Waals surface area contributed by atoms with Crippen molar-refractivity contribution in [3.63, 3.8) is 0 Å². The van der Waals surface area contributed by atoms with E-state index in [0.29, 0.717) is 22.3 Å². The Hall–Kier alpha value is -0.984. The number of nitrogens with one attached hydrogen (secondary N) is 1. The van der Waals surface area contributed by atoms with Crippen LogP contribution in [0.4, 0.5) is 13.2 Å². The quantitative estimate of drug-likeness (QED) is 0.573. The number of halogens is 3. The molecule has 138 valence electrons. The summed E-state index contributed by atoms with van der Waals surface area (Å²) >= 11 is 0. The molecule has 2 aromatic heterocycles. The molecular formula is C16H14F3KN3O3S+. The summed E-state index contributed by atoms with van der Waals surface area (Å²) in [6.07, 6.45) is -3.14. The number of benzene rings is 1. The summed E-state index contributed by atoms with van der Waals surface area (Å²) in [4.78, 5) is 11.1. The Morgan fingerprint density at radius 1 is 1.30 bits per heavy atom. The molecule has 0 fully saturated rings. The van der Waals surface area contributed by atoms with E-state index in [9.17, 15) is 22.5 Å². The number of rotatable bonds is 5. The van der Waals surface area contributed by atoms with E-state index in [1.54, 1.807) is 13.0 Å². The molecule has 1 atom stereocenters. The van der Waals surface area contributed by atoms with E-state index in [0.717, 1.165) is 0 Å². The molecule has 0 amide bonds. The minimum atomic E-state index is -4.45. The Kier molecular flexibility index (Phi) is 7.44. The molecule has 1 unspecified atom stereocenters. The van der Waals surface area contributed by atoms with Gasteiger partial charge in [0.05, 0.1) is 33.3 Å². The van der Waals surface area contributed by atoms with Gasteiger partial charge < -0.3 is 14.8 Å². The minimum absolute atomic E-state index is 0. The molecule has 1 aromatic carbocycles. The molecule has 0 radical (unpaired) electrons. The number of aromatic nitrogens is 3. The summed E-state index contributed by atoms with van der Waals surface area (Å²) in [5.74, 6) is 0.0466. The van der Waals surface area contributed by atoms with Gasteiger partial charge >= 0.3 is 57.6 Å². The first-order valence-corrected chi connectivity index (χ1v) is 8.76. The van der Waals surface area contributed by atoms with Crippen LogP contribution in [0.25, 0.3) is 11.0 Å². The van der Waals surface area contributed by atoms with Crippen molar-refractivity contribution in [2.75, 3.05) is 6.61 Å². The number of imidazole rings is 1. The van der Waals surface area contributed by atoms with Gasteiger partial charge in [-0.3, -0.25) is 9.19 Å². The molecule has 11 heteroatoms. The van der Waals surface area contributed by atoms with Gasteiger partial charge in [0.1, 0.15) is 11.5 Å². The second kappa shape index (κ2) is 9.01. The average Bonchev–Trinajstić information content (AvgIpc) is 2.98. The zero-order chi connectivity index (χ0) is 18.9. The van der Waals surface area contributed by atoms with Gasteiger partial charge in [-0.1, -0.05) is 0 Å². The first-order chi connectivity index (χ1) is 12.2. The van der Waals surface area contributed by atoms with Crippen molar-refractivity contribution in [2.45, 2.75) is 24.0 Å². The molecule has 0 aliphatic heterocycles. The van der Waals surface area contributed by atoms with E-state index in [2.05, 4.69) is 15.0 Å². The molecule has 2 N–H and O–H groups in total. The van der Waals surface area contributed by atoms with Crippen LogP contribution in [0.1, 0.15) is 11.3 Å². The van der Waals surface area contributed by atoms with Crippen molar-refractivity contribution in [1.82, 2.24) is 15.0 Å². The van der Waals surface area contributed by atoms with Gasteiger partial charge in [0, 0.05) is 17.8 Å². The SMILES string of the molecule is Cc1c(OCC(F)(F)F)ccnc1CS(=O)c1nc2ccc(O)cc2[nH]1.[K+]. The molecule has 27 heavy (non-hydrogen) atoms. The number of ether oxygens (including phenoxy) is 1. The maximum Gasteiger partial charge on any atom is 1.00 e. The number of phenolic OH excluding ortho intramolecular Hbond substituents is 1. The van der Waals surface area contributed by atoms with Crippen LogP contribution in [-0.4, -0.2) is 37.1 Å². The average molecular weight is 424 g/mol. The standard InChI is InChI=1S/C16H14F3N3O3S.K/c1-9-13(20-5-4-14(9)25-8-16(17,18)19)7-26(24)15-21-11-3-2-10(23)6-12(11)22-15;/h2-6,23H,7-8H2,1H3,(H,21,22);/q;+1. The number of hydrogen-bond donors (Lipinski definition) is 2. The second-order valence-electron chi connectivity index (χ2n) is 5.52. The Labute approximate surface area is 197 Å². The molecule has 3 rings (SSSR count). The molecule has 0 aliphatic rings. The van der Waals surface area contributed by atoms with Gasteiger partial charge in [-0.05, 0) is 25.1 Å². The molecule has 2 heterocycles. The Morgan fingerprint density at radius 2 is 2.04 bits per heavy atom. The first kappa shape index (κ1) is 22.3. The van der Waals surface area contributed by atoms with E-state index in [-0.39, 0.29) is 73.8 Å². The molecule has 0 bridgehead atoms. The number of H-pyrrole nitrogens is 1. The van der Waals surface area contributed by atoms with Crippen molar-refractivity contribution >= 4 is 21.8 Å². The third-order valence-electron chi connectivity index (χ3n) is 3.58. The van der Waals surface area contributed by atoms with Gasteiger partial charge in [-0.15, -0.1) is 0 Å². The van der Waals surface area contributed by atoms with Crippen LogP contribution in [0.15, 0.2) is 35.6 Å². The maximum absolute atomic E-state index is 12.5. The second-order valence-corrected chi connectivity index (χ2v) is 6.88. The van der Waals surface area contributed by atoms with Crippen LogP contribution in [0.2, 0.25) is 0 Å². The molecule has 3 aromatic rings. The number of hydrogen-bond acceptors (Lipinski definition) is 5. The fraction of sp³-hybridized carbons (Fsp3) is 0.250. The smallest absolute Gasteiger partial charge is 0.508 e. The summed E-state index contributed by atoms with van der Waals surface area (Å²) in [6, 6.07) is 5.83. The van der Waals surface area contributed by atoms with Crippen molar-refractivity contribution in [2.24, 2.45) is 0 Å². The number of nitrogens with zero attached hydrogens (tertiary/aromatic N) is 2. The Morgan fingerprint density at radius 3 is 2.74 bits per heavy atom. The van der Waals surface area contributed by atoms with E-state index < -0.39 is 23.6 Å². The van der Waals surface area contributed by atoms with Gasteiger partial charge in [-0.2, -0.15) is 13.2 Å². The topological polar surface area (TPSA) is 88.1 Å².